The molecule has 0 aromatic heterocycles. The highest BCUT2D eigenvalue weighted by Crippen LogP contribution is 2.11. The Morgan fingerprint density at radius 2 is 1.67 bits per heavy atom. The zero-order chi connectivity index (χ0) is 20.4. The molecule has 1 rings (SSSR count). The summed E-state index contributed by atoms with van der Waals surface area (Å²) in [7, 11) is 0. The number of benzene rings is 1. The second kappa shape index (κ2) is 11.6. The number of halogens is 1. The minimum absolute atomic E-state index is 0.102. The monoisotopic (exact) mass is 395 g/mol. The summed E-state index contributed by atoms with van der Waals surface area (Å²) in [5.74, 6) is -0.500. The first-order valence-corrected chi connectivity index (χ1v) is 9.74. The number of rotatable bonds is 10. The highest BCUT2D eigenvalue weighted by atomic mass is 35.5. The molecule has 0 saturated carbocycles. The Morgan fingerprint density at radius 1 is 1.04 bits per heavy atom. The van der Waals surface area contributed by atoms with Crippen molar-refractivity contribution in [3.63, 3.8) is 0 Å². The topological polar surface area (TPSA) is 87.3 Å². The molecule has 7 heteroatoms. The molecule has 150 valence electrons. The van der Waals surface area contributed by atoms with Crippen LogP contribution in [0.1, 0.15) is 57.3 Å². The van der Waals surface area contributed by atoms with Gasteiger partial charge in [0.1, 0.15) is 6.04 Å². The summed E-state index contributed by atoms with van der Waals surface area (Å²) in [5, 5.41) is 8.90. The van der Waals surface area contributed by atoms with E-state index in [0.29, 0.717) is 17.0 Å². The van der Waals surface area contributed by atoms with Crippen molar-refractivity contribution < 1.29 is 14.4 Å². The van der Waals surface area contributed by atoms with E-state index in [-0.39, 0.29) is 42.6 Å². The third-order valence-corrected chi connectivity index (χ3v) is 4.36. The van der Waals surface area contributed by atoms with Crippen LogP contribution in [-0.4, -0.2) is 36.3 Å². The molecule has 2 unspecified atom stereocenters. The van der Waals surface area contributed by atoms with E-state index < -0.39 is 6.04 Å². The lowest BCUT2D eigenvalue weighted by Gasteiger charge is -2.20. The van der Waals surface area contributed by atoms with Crippen LogP contribution in [0, 0.1) is 5.92 Å². The summed E-state index contributed by atoms with van der Waals surface area (Å²) in [6.07, 6.45) is 1.56. The van der Waals surface area contributed by atoms with Gasteiger partial charge in [0.15, 0.2) is 0 Å². The number of carbonyl (C=O) groups excluding carboxylic acids is 3. The number of carbonyl (C=O) groups is 3. The zero-order valence-corrected chi connectivity index (χ0v) is 17.2. The lowest BCUT2D eigenvalue weighted by atomic mass is 10.0. The van der Waals surface area contributed by atoms with Crippen molar-refractivity contribution in [2.24, 2.45) is 5.92 Å². The smallest absolute Gasteiger partial charge is 0.251 e. The predicted octanol–water partition coefficient (Wildman–Crippen LogP) is 2.91. The summed E-state index contributed by atoms with van der Waals surface area (Å²) in [5.41, 5.74) is 0.439. The lowest BCUT2D eigenvalue weighted by molar-refractivity contribution is -0.124. The number of amides is 3. The maximum Gasteiger partial charge on any atom is 0.251 e. The highest BCUT2D eigenvalue weighted by molar-refractivity contribution is 6.30. The van der Waals surface area contributed by atoms with Crippen molar-refractivity contribution in [1.82, 2.24) is 16.0 Å². The van der Waals surface area contributed by atoms with Crippen LogP contribution in [0.2, 0.25) is 5.02 Å². The molecule has 0 spiro atoms. The highest BCUT2D eigenvalue weighted by Gasteiger charge is 2.22. The first-order chi connectivity index (χ1) is 12.7. The average Bonchev–Trinajstić information content (AvgIpc) is 2.60. The van der Waals surface area contributed by atoms with Crippen LogP contribution >= 0.6 is 11.6 Å². The molecule has 1 aromatic rings. The second-order valence-corrected chi connectivity index (χ2v) is 7.52. The summed E-state index contributed by atoms with van der Waals surface area (Å²) in [6, 6.07) is 5.93. The van der Waals surface area contributed by atoms with Gasteiger partial charge in [0.05, 0.1) is 0 Å². The minimum atomic E-state index is -0.661. The fraction of sp³-hybridized carbons (Fsp3) is 0.550. The van der Waals surface area contributed by atoms with E-state index in [9.17, 15) is 14.4 Å². The molecular formula is C20H30ClN3O3. The maximum atomic E-state index is 12.5. The van der Waals surface area contributed by atoms with Gasteiger partial charge in [-0.15, -0.1) is 0 Å². The quantitative estimate of drug-likeness (QED) is 0.569. The van der Waals surface area contributed by atoms with Crippen LogP contribution in [0.4, 0.5) is 0 Å². The Hall–Kier alpha value is -2.08. The van der Waals surface area contributed by atoms with E-state index in [1.165, 1.54) is 0 Å². The van der Waals surface area contributed by atoms with Crippen molar-refractivity contribution in [2.45, 2.75) is 59.0 Å². The summed E-state index contributed by atoms with van der Waals surface area (Å²) in [6.45, 7) is 8.11. The molecular weight excluding hydrogens is 366 g/mol. The van der Waals surface area contributed by atoms with Crippen LogP contribution in [0.25, 0.3) is 0 Å². The molecule has 6 nitrogen and oxygen atoms in total. The van der Waals surface area contributed by atoms with E-state index in [0.717, 1.165) is 6.42 Å². The zero-order valence-electron chi connectivity index (χ0n) is 16.5. The van der Waals surface area contributed by atoms with Crippen molar-refractivity contribution >= 4 is 29.3 Å². The molecule has 0 fully saturated rings. The van der Waals surface area contributed by atoms with Gasteiger partial charge < -0.3 is 16.0 Å². The molecule has 3 N–H and O–H groups in total. The lowest BCUT2D eigenvalue weighted by Crippen LogP contribution is -2.48. The molecule has 2 atom stereocenters. The number of hydrogen-bond donors (Lipinski definition) is 3. The third kappa shape index (κ3) is 8.91. The van der Waals surface area contributed by atoms with E-state index in [4.69, 9.17) is 11.6 Å². The van der Waals surface area contributed by atoms with Crippen molar-refractivity contribution in [1.29, 1.82) is 0 Å². The van der Waals surface area contributed by atoms with Crippen molar-refractivity contribution in [3.05, 3.63) is 34.9 Å². The summed E-state index contributed by atoms with van der Waals surface area (Å²) >= 11 is 5.84. The molecule has 0 heterocycles. The van der Waals surface area contributed by atoms with Crippen LogP contribution in [0.15, 0.2) is 24.3 Å². The van der Waals surface area contributed by atoms with Crippen molar-refractivity contribution in [2.75, 3.05) is 6.54 Å². The van der Waals surface area contributed by atoms with Gasteiger partial charge in [0, 0.05) is 29.6 Å². The molecule has 27 heavy (non-hydrogen) atoms. The SMILES string of the molecule is CCC(C)NC(=O)CCNC(=O)C(CC(C)C)NC(=O)c1ccc(Cl)cc1. The summed E-state index contributed by atoms with van der Waals surface area (Å²) < 4.78 is 0. The van der Waals surface area contributed by atoms with Gasteiger partial charge in [0.25, 0.3) is 5.91 Å². The Kier molecular flexibility index (Phi) is 9.86. The van der Waals surface area contributed by atoms with E-state index in [2.05, 4.69) is 16.0 Å². The first-order valence-electron chi connectivity index (χ1n) is 9.36. The van der Waals surface area contributed by atoms with Gasteiger partial charge in [-0.05, 0) is 49.9 Å². The second-order valence-electron chi connectivity index (χ2n) is 7.08. The van der Waals surface area contributed by atoms with Gasteiger partial charge in [-0.2, -0.15) is 0 Å². The van der Waals surface area contributed by atoms with Gasteiger partial charge in [-0.25, -0.2) is 0 Å². The maximum absolute atomic E-state index is 12.5. The van der Waals surface area contributed by atoms with Gasteiger partial charge >= 0.3 is 0 Å². The van der Waals surface area contributed by atoms with E-state index >= 15 is 0 Å². The summed E-state index contributed by atoms with van der Waals surface area (Å²) in [4.78, 5) is 36.7. The van der Waals surface area contributed by atoms with Gasteiger partial charge in [-0.3, -0.25) is 14.4 Å². The molecule has 1 aromatic carbocycles. The number of hydrogen-bond acceptors (Lipinski definition) is 3. The minimum Gasteiger partial charge on any atom is -0.354 e. The Labute approximate surface area is 166 Å². The predicted molar refractivity (Wildman–Crippen MR) is 108 cm³/mol. The Morgan fingerprint density at radius 3 is 2.22 bits per heavy atom. The fourth-order valence-corrected chi connectivity index (χ4v) is 2.54. The van der Waals surface area contributed by atoms with Crippen molar-refractivity contribution in [3.8, 4) is 0 Å². The largest absolute Gasteiger partial charge is 0.354 e. The Bertz CT molecular complexity index is 632. The first kappa shape index (κ1) is 23.0. The average molecular weight is 396 g/mol. The van der Waals surface area contributed by atoms with Gasteiger partial charge in [-0.1, -0.05) is 32.4 Å². The molecule has 0 saturated heterocycles. The Balaban J connectivity index is 2.59. The number of nitrogens with one attached hydrogen (secondary N) is 3. The third-order valence-electron chi connectivity index (χ3n) is 4.11. The fourth-order valence-electron chi connectivity index (χ4n) is 2.42. The van der Waals surface area contributed by atoms with E-state index in [1.54, 1.807) is 24.3 Å². The molecule has 0 aliphatic rings. The molecule has 0 radical (unpaired) electrons. The van der Waals surface area contributed by atoms with Crippen LogP contribution in [-0.2, 0) is 9.59 Å². The molecule has 3 amide bonds. The van der Waals surface area contributed by atoms with Crippen LogP contribution in [0.3, 0.4) is 0 Å². The molecule has 0 bridgehead atoms. The standard InChI is InChI=1S/C20H30ClN3O3/c1-5-14(4)23-18(25)10-11-22-20(27)17(12-13(2)3)24-19(26)15-6-8-16(21)9-7-15/h6-9,13-14,17H,5,10-12H2,1-4H3,(H,22,27)(H,23,25)(H,24,26). The molecule has 0 aliphatic heterocycles. The van der Waals surface area contributed by atoms with Crippen LogP contribution < -0.4 is 16.0 Å². The van der Waals surface area contributed by atoms with E-state index in [1.807, 2.05) is 27.7 Å². The van der Waals surface area contributed by atoms with Crippen LogP contribution in [0.5, 0.6) is 0 Å². The molecule has 0 aliphatic carbocycles. The normalized spacial score (nSPS) is 13.0. The van der Waals surface area contributed by atoms with Gasteiger partial charge in [0.2, 0.25) is 11.8 Å².